The van der Waals surface area contributed by atoms with E-state index in [1.165, 1.54) is 11.1 Å². The Morgan fingerprint density at radius 1 is 0.788 bits per heavy atom. The minimum Gasteiger partial charge on any atom is -0.497 e. The number of rotatable bonds is 6. The molecule has 33 heavy (non-hydrogen) atoms. The lowest BCUT2D eigenvalue weighted by molar-refractivity contribution is -0.130. The van der Waals surface area contributed by atoms with Gasteiger partial charge in [-0.25, -0.2) is 0 Å². The third-order valence-electron chi connectivity index (χ3n) is 6.15. The van der Waals surface area contributed by atoms with E-state index >= 15 is 0 Å². The van der Waals surface area contributed by atoms with E-state index in [0.29, 0.717) is 6.54 Å². The highest BCUT2D eigenvalue weighted by molar-refractivity contribution is 6.09. The maximum Gasteiger partial charge on any atom is 0.242 e. The molecule has 5 aromatic rings. The molecule has 0 atom stereocenters. The standard InChI is InChI=1S/C29H26N2O2/c1-30(19-21-9-8-12-24(17-21)33-2)29(32)20-31-27-14-7-6-13-25(27)26-18-23(15-16-28(26)31)22-10-4-3-5-11-22/h3-18H,19-20H2,1-2H3. The van der Waals surface area contributed by atoms with Gasteiger partial charge in [0.05, 0.1) is 7.11 Å². The molecule has 0 aliphatic rings. The average Bonchev–Trinajstić information content (AvgIpc) is 3.17. The summed E-state index contributed by atoms with van der Waals surface area (Å²) < 4.78 is 7.44. The monoisotopic (exact) mass is 434 g/mol. The highest BCUT2D eigenvalue weighted by atomic mass is 16.5. The van der Waals surface area contributed by atoms with Crippen molar-refractivity contribution in [1.82, 2.24) is 9.47 Å². The lowest BCUT2D eigenvalue weighted by atomic mass is 10.0. The number of ether oxygens (including phenoxy) is 1. The van der Waals surface area contributed by atoms with Gasteiger partial charge in [-0.3, -0.25) is 4.79 Å². The van der Waals surface area contributed by atoms with Gasteiger partial charge in [-0.1, -0.05) is 66.7 Å². The minimum absolute atomic E-state index is 0.0626. The fourth-order valence-electron chi connectivity index (χ4n) is 4.42. The topological polar surface area (TPSA) is 34.5 Å². The van der Waals surface area contributed by atoms with Crippen LogP contribution in [0.15, 0.2) is 97.1 Å². The summed E-state index contributed by atoms with van der Waals surface area (Å²) in [6.07, 6.45) is 0. The summed E-state index contributed by atoms with van der Waals surface area (Å²) in [5, 5.41) is 2.32. The van der Waals surface area contributed by atoms with Crippen molar-refractivity contribution in [1.29, 1.82) is 0 Å². The number of carbonyl (C=O) groups excluding carboxylic acids is 1. The fourth-order valence-corrected chi connectivity index (χ4v) is 4.42. The van der Waals surface area contributed by atoms with E-state index in [-0.39, 0.29) is 12.5 Å². The van der Waals surface area contributed by atoms with Crippen molar-refractivity contribution < 1.29 is 9.53 Å². The van der Waals surface area contributed by atoms with Crippen LogP contribution in [0.1, 0.15) is 5.56 Å². The lowest BCUT2D eigenvalue weighted by Gasteiger charge is -2.19. The molecule has 4 aromatic carbocycles. The molecule has 1 aromatic heterocycles. The number of methoxy groups -OCH3 is 1. The van der Waals surface area contributed by atoms with Crippen molar-refractivity contribution >= 4 is 27.7 Å². The number of benzene rings is 4. The Balaban J connectivity index is 1.48. The molecule has 0 aliphatic heterocycles. The van der Waals surface area contributed by atoms with Crippen LogP contribution in [0.5, 0.6) is 5.75 Å². The first-order valence-electron chi connectivity index (χ1n) is 11.1. The van der Waals surface area contributed by atoms with Crippen LogP contribution in [-0.4, -0.2) is 29.5 Å². The van der Waals surface area contributed by atoms with E-state index in [2.05, 4.69) is 65.2 Å². The molecule has 4 heteroatoms. The van der Waals surface area contributed by atoms with Crippen molar-refractivity contribution in [3.05, 3.63) is 103 Å². The van der Waals surface area contributed by atoms with E-state index in [9.17, 15) is 4.79 Å². The molecule has 1 heterocycles. The molecule has 1 amide bonds. The Labute approximate surface area is 193 Å². The second-order valence-corrected chi connectivity index (χ2v) is 8.30. The second-order valence-electron chi connectivity index (χ2n) is 8.30. The molecule has 164 valence electrons. The molecule has 0 aliphatic carbocycles. The van der Waals surface area contributed by atoms with Gasteiger partial charge in [-0.15, -0.1) is 0 Å². The van der Waals surface area contributed by atoms with Crippen molar-refractivity contribution in [2.45, 2.75) is 13.1 Å². The van der Waals surface area contributed by atoms with Crippen LogP contribution < -0.4 is 4.74 Å². The zero-order valence-electron chi connectivity index (χ0n) is 18.9. The van der Waals surface area contributed by atoms with E-state index in [4.69, 9.17) is 4.74 Å². The summed E-state index contributed by atoms with van der Waals surface area (Å²) in [6.45, 7) is 0.820. The highest BCUT2D eigenvalue weighted by Gasteiger charge is 2.16. The fraction of sp³-hybridized carbons (Fsp3) is 0.138. The second kappa shape index (κ2) is 8.83. The van der Waals surface area contributed by atoms with Crippen LogP contribution in [0, 0.1) is 0 Å². The Morgan fingerprint density at radius 3 is 2.36 bits per heavy atom. The van der Waals surface area contributed by atoms with Gasteiger partial charge in [-0.2, -0.15) is 0 Å². The van der Waals surface area contributed by atoms with Gasteiger partial charge in [0.1, 0.15) is 12.3 Å². The van der Waals surface area contributed by atoms with Gasteiger partial charge in [0.25, 0.3) is 0 Å². The van der Waals surface area contributed by atoms with Gasteiger partial charge < -0.3 is 14.2 Å². The SMILES string of the molecule is COc1cccc(CN(C)C(=O)Cn2c3ccccc3c3cc(-c4ccccc4)ccc32)c1. The zero-order valence-corrected chi connectivity index (χ0v) is 18.9. The van der Waals surface area contributed by atoms with Crippen molar-refractivity contribution in [2.24, 2.45) is 0 Å². The molecule has 0 unspecified atom stereocenters. The van der Waals surface area contributed by atoms with Crippen molar-refractivity contribution in [3.63, 3.8) is 0 Å². The molecule has 5 rings (SSSR count). The molecule has 0 N–H and O–H groups in total. The number of fused-ring (bicyclic) bond motifs is 3. The minimum atomic E-state index is 0.0626. The Hall–Kier alpha value is -4.05. The molecule has 0 bridgehead atoms. The van der Waals surface area contributed by atoms with Crippen molar-refractivity contribution in [2.75, 3.05) is 14.2 Å². The summed E-state index contributed by atoms with van der Waals surface area (Å²) in [4.78, 5) is 15.0. The van der Waals surface area contributed by atoms with Gasteiger partial charge >= 0.3 is 0 Å². The Bertz CT molecular complexity index is 1440. The first-order chi connectivity index (χ1) is 16.1. The number of para-hydroxylation sites is 1. The van der Waals surface area contributed by atoms with Gasteiger partial charge in [-0.05, 0) is 47.0 Å². The summed E-state index contributed by atoms with van der Waals surface area (Å²) >= 11 is 0. The molecule has 0 spiro atoms. The number of hydrogen-bond acceptors (Lipinski definition) is 2. The van der Waals surface area contributed by atoms with E-state index in [0.717, 1.165) is 33.1 Å². The molecule has 0 radical (unpaired) electrons. The quantitative estimate of drug-likeness (QED) is 0.322. The van der Waals surface area contributed by atoms with E-state index < -0.39 is 0 Å². The molecule has 0 saturated carbocycles. The zero-order chi connectivity index (χ0) is 22.8. The molecular weight excluding hydrogens is 408 g/mol. The first-order valence-corrected chi connectivity index (χ1v) is 11.1. The highest BCUT2D eigenvalue weighted by Crippen LogP contribution is 2.32. The van der Waals surface area contributed by atoms with Crippen LogP contribution in [0.25, 0.3) is 32.9 Å². The van der Waals surface area contributed by atoms with Crippen LogP contribution >= 0.6 is 0 Å². The van der Waals surface area contributed by atoms with E-state index in [1.807, 2.05) is 43.4 Å². The predicted molar refractivity (Wildman–Crippen MR) is 134 cm³/mol. The van der Waals surface area contributed by atoms with Gasteiger partial charge in [0.2, 0.25) is 5.91 Å². The predicted octanol–water partition coefficient (Wildman–Crippen LogP) is 6.13. The first kappa shape index (κ1) is 20.8. The number of amides is 1. The van der Waals surface area contributed by atoms with E-state index in [1.54, 1.807) is 12.0 Å². The maximum absolute atomic E-state index is 13.2. The van der Waals surface area contributed by atoms with Crippen LogP contribution in [-0.2, 0) is 17.9 Å². The number of likely N-dealkylation sites (N-methyl/N-ethyl adjacent to an activating group) is 1. The largest absolute Gasteiger partial charge is 0.497 e. The van der Waals surface area contributed by atoms with Crippen molar-refractivity contribution in [3.8, 4) is 16.9 Å². The van der Waals surface area contributed by atoms with Gasteiger partial charge in [0, 0.05) is 35.4 Å². The third kappa shape index (κ3) is 4.08. The molecule has 0 saturated heterocycles. The molecule has 4 nitrogen and oxygen atoms in total. The smallest absolute Gasteiger partial charge is 0.242 e. The van der Waals surface area contributed by atoms with Gasteiger partial charge in [0.15, 0.2) is 0 Å². The van der Waals surface area contributed by atoms with Crippen LogP contribution in [0.2, 0.25) is 0 Å². The number of nitrogens with zero attached hydrogens (tertiary/aromatic N) is 2. The number of carbonyl (C=O) groups is 1. The Kier molecular flexibility index (Phi) is 5.57. The summed E-state index contributed by atoms with van der Waals surface area (Å²) in [5.41, 5.74) is 5.54. The summed E-state index contributed by atoms with van der Waals surface area (Å²) in [6, 6.07) is 33.0. The van der Waals surface area contributed by atoms with Crippen LogP contribution in [0.4, 0.5) is 0 Å². The average molecular weight is 435 g/mol. The Morgan fingerprint density at radius 2 is 1.55 bits per heavy atom. The molecule has 0 fully saturated rings. The molecular formula is C29H26N2O2. The lowest BCUT2D eigenvalue weighted by Crippen LogP contribution is -2.29. The summed E-state index contributed by atoms with van der Waals surface area (Å²) in [7, 11) is 3.50. The number of hydrogen-bond donors (Lipinski definition) is 0. The van der Waals surface area contributed by atoms with Crippen LogP contribution in [0.3, 0.4) is 0 Å². The maximum atomic E-state index is 13.2. The summed E-state index contributed by atoms with van der Waals surface area (Å²) in [5.74, 6) is 0.859. The normalized spacial score (nSPS) is 11.1. The third-order valence-corrected chi connectivity index (χ3v) is 6.15. The number of aromatic nitrogens is 1.